The van der Waals surface area contributed by atoms with Crippen molar-refractivity contribution < 1.29 is 0 Å². The fourth-order valence-corrected chi connectivity index (χ4v) is 13.3. The van der Waals surface area contributed by atoms with E-state index >= 15 is 0 Å². The maximum absolute atomic E-state index is 5.53. The predicted molar refractivity (Wildman–Crippen MR) is 330 cm³/mol. The van der Waals surface area contributed by atoms with E-state index in [-0.39, 0.29) is 22.7 Å². The molecular formula is C76H62N2. The normalized spacial score (nSPS) is 13.8. The van der Waals surface area contributed by atoms with Crippen LogP contribution in [-0.4, -0.2) is 9.97 Å². The van der Waals surface area contributed by atoms with Gasteiger partial charge in [-0.1, -0.05) is 225 Å². The van der Waals surface area contributed by atoms with Gasteiger partial charge in [-0.05, 0) is 182 Å². The Bertz CT molecular complexity index is 4170. The minimum atomic E-state index is -0.0531. The van der Waals surface area contributed by atoms with E-state index in [0.717, 1.165) is 33.2 Å². The van der Waals surface area contributed by atoms with Crippen molar-refractivity contribution in [3.63, 3.8) is 0 Å². The van der Waals surface area contributed by atoms with Gasteiger partial charge >= 0.3 is 0 Å². The van der Waals surface area contributed by atoms with E-state index in [1.54, 1.807) is 0 Å². The smallest absolute Gasteiger partial charge is 0.0975 e. The first-order valence-corrected chi connectivity index (χ1v) is 27.9. The Hall–Kier alpha value is -8.72. The van der Waals surface area contributed by atoms with E-state index in [2.05, 4.69) is 274 Å². The summed E-state index contributed by atoms with van der Waals surface area (Å²) in [6.07, 6.45) is 0. The fourth-order valence-electron chi connectivity index (χ4n) is 13.3. The van der Waals surface area contributed by atoms with Gasteiger partial charge in [0.25, 0.3) is 0 Å². The number of aromatic nitrogens is 2. The lowest BCUT2D eigenvalue weighted by molar-refractivity contribution is 0.660. The zero-order valence-electron chi connectivity index (χ0n) is 45.8. The third kappa shape index (κ3) is 7.59. The maximum atomic E-state index is 5.53. The van der Waals surface area contributed by atoms with Gasteiger partial charge in [-0.2, -0.15) is 0 Å². The molecule has 14 rings (SSSR count). The van der Waals surface area contributed by atoms with E-state index in [1.807, 2.05) is 0 Å². The summed E-state index contributed by atoms with van der Waals surface area (Å²) < 4.78 is 0. The topological polar surface area (TPSA) is 25.8 Å². The summed E-state index contributed by atoms with van der Waals surface area (Å²) in [5, 5.41) is 4.60. The fraction of sp³-hybridized carbons (Fsp3) is 0.158. The third-order valence-corrected chi connectivity index (χ3v) is 17.5. The molecule has 2 aliphatic carbocycles. The van der Waals surface area contributed by atoms with Crippen LogP contribution >= 0.6 is 0 Å². The highest BCUT2D eigenvalue weighted by atomic mass is 14.8. The number of nitrogens with zero attached hydrogens (tertiary/aromatic N) is 2. The quantitative estimate of drug-likeness (QED) is 0.142. The molecule has 2 heteroatoms. The van der Waals surface area contributed by atoms with Crippen molar-refractivity contribution in [2.75, 3.05) is 0 Å². The Balaban J connectivity index is 0.851. The van der Waals surface area contributed by atoms with E-state index in [4.69, 9.17) is 9.97 Å². The second kappa shape index (κ2) is 17.9. The molecule has 0 fully saturated rings. The molecule has 0 saturated carbocycles. The number of benzene rings is 11. The Morgan fingerprint density at radius 1 is 0.256 bits per heavy atom. The summed E-state index contributed by atoms with van der Waals surface area (Å²) in [5.41, 5.74) is 29.3. The molecule has 78 heavy (non-hydrogen) atoms. The standard InChI is InChI=1S/C76H62N2/c1-45(2)71-72(46(3)4)78-74-64-36-32-56(52-22-14-18-48(38-52)50-20-16-24-54(40-50)58-30-34-62-60-26-10-12-28-68(60)76(7,8)70(62)44-58)42-66(64)65-41-55(31-35-63(65)73(74)77-71)51-21-13-17-47(37-51)49-19-15-23-53(39-49)57-29-33-61-59-25-9-11-27-67(59)75(5,6)69(61)43-57/h9-46H,1-8H3. The molecule has 12 aromatic rings. The van der Waals surface area contributed by atoms with Crippen LogP contribution < -0.4 is 0 Å². The van der Waals surface area contributed by atoms with Crippen LogP contribution in [0, 0.1) is 0 Å². The molecule has 11 aromatic carbocycles. The number of fused-ring (bicyclic) bond motifs is 12. The van der Waals surface area contributed by atoms with Crippen molar-refractivity contribution in [3.8, 4) is 89.0 Å². The summed E-state index contributed by atoms with van der Waals surface area (Å²) in [6, 6.07) is 82.0. The number of hydrogen-bond donors (Lipinski definition) is 0. The molecule has 376 valence electrons. The zero-order valence-corrected chi connectivity index (χ0v) is 45.8. The molecule has 0 N–H and O–H groups in total. The Morgan fingerprint density at radius 3 is 0.872 bits per heavy atom. The van der Waals surface area contributed by atoms with Crippen molar-refractivity contribution in [1.29, 1.82) is 0 Å². The highest BCUT2D eigenvalue weighted by molar-refractivity contribution is 6.24. The number of rotatable bonds is 8. The first kappa shape index (κ1) is 47.7. The van der Waals surface area contributed by atoms with Crippen molar-refractivity contribution in [1.82, 2.24) is 9.97 Å². The molecule has 0 unspecified atom stereocenters. The Kier molecular flexibility index (Phi) is 11.0. The largest absolute Gasteiger partial charge is 0.248 e. The highest BCUT2D eigenvalue weighted by Crippen LogP contribution is 2.51. The van der Waals surface area contributed by atoms with Crippen molar-refractivity contribution in [3.05, 3.63) is 252 Å². The van der Waals surface area contributed by atoms with Crippen LogP contribution in [0.25, 0.3) is 122 Å². The average molecular weight is 1000 g/mol. The van der Waals surface area contributed by atoms with Crippen LogP contribution in [0.5, 0.6) is 0 Å². The lowest BCUT2D eigenvalue weighted by atomic mass is 9.81. The lowest BCUT2D eigenvalue weighted by Crippen LogP contribution is -2.14. The van der Waals surface area contributed by atoms with Crippen molar-refractivity contribution >= 4 is 32.6 Å². The van der Waals surface area contributed by atoms with Gasteiger partial charge in [-0.15, -0.1) is 0 Å². The van der Waals surface area contributed by atoms with Crippen LogP contribution in [0.3, 0.4) is 0 Å². The third-order valence-electron chi connectivity index (χ3n) is 17.5. The molecular weight excluding hydrogens is 941 g/mol. The van der Waals surface area contributed by atoms with Gasteiger partial charge < -0.3 is 0 Å². The summed E-state index contributed by atoms with van der Waals surface area (Å²) in [5.74, 6) is 0.483. The van der Waals surface area contributed by atoms with E-state index in [9.17, 15) is 0 Å². The zero-order chi connectivity index (χ0) is 53.2. The van der Waals surface area contributed by atoms with E-state index < -0.39 is 0 Å². The van der Waals surface area contributed by atoms with Crippen LogP contribution in [0.15, 0.2) is 218 Å². The lowest BCUT2D eigenvalue weighted by Gasteiger charge is -2.22. The van der Waals surface area contributed by atoms with Gasteiger partial charge in [0.2, 0.25) is 0 Å². The molecule has 1 aromatic heterocycles. The summed E-state index contributed by atoms with van der Waals surface area (Å²) in [7, 11) is 0. The van der Waals surface area contributed by atoms with Crippen molar-refractivity contribution in [2.45, 2.75) is 78.1 Å². The first-order valence-electron chi connectivity index (χ1n) is 27.9. The van der Waals surface area contributed by atoms with Gasteiger partial charge in [-0.25, -0.2) is 9.97 Å². The van der Waals surface area contributed by atoms with Gasteiger partial charge in [0, 0.05) is 21.6 Å². The average Bonchev–Trinajstić information content (AvgIpc) is 4.07. The monoisotopic (exact) mass is 1000 g/mol. The molecule has 0 atom stereocenters. The first-order chi connectivity index (χ1) is 37.8. The summed E-state index contributed by atoms with van der Waals surface area (Å²) in [4.78, 5) is 11.1. The minimum absolute atomic E-state index is 0.0531. The molecule has 0 radical (unpaired) electrons. The van der Waals surface area contributed by atoms with Gasteiger partial charge in [-0.3, -0.25) is 0 Å². The summed E-state index contributed by atoms with van der Waals surface area (Å²) >= 11 is 0. The molecule has 0 bridgehead atoms. The summed E-state index contributed by atoms with van der Waals surface area (Å²) in [6.45, 7) is 18.4. The minimum Gasteiger partial charge on any atom is -0.248 e. The van der Waals surface area contributed by atoms with E-state index in [0.29, 0.717) is 0 Å². The molecule has 2 aliphatic rings. The number of hydrogen-bond acceptors (Lipinski definition) is 2. The van der Waals surface area contributed by atoms with Crippen LogP contribution in [-0.2, 0) is 10.8 Å². The Morgan fingerprint density at radius 2 is 0.538 bits per heavy atom. The van der Waals surface area contributed by atoms with Crippen LogP contribution in [0.2, 0.25) is 0 Å². The molecule has 1 heterocycles. The second-order valence-electron chi connectivity index (χ2n) is 23.7. The van der Waals surface area contributed by atoms with Gasteiger partial charge in [0.05, 0.1) is 22.4 Å². The molecule has 2 nitrogen and oxygen atoms in total. The highest BCUT2D eigenvalue weighted by Gasteiger charge is 2.36. The SMILES string of the molecule is CC(C)c1nc2c3ccc(-c4cccc(-c5cccc(-c6ccc7c(c6)C(C)(C)c6ccccc6-7)c5)c4)cc3c3cc(-c4cccc(-c5cccc(-c6ccc7c(c6)C(C)(C)c6ccccc6-7)c5)c4)ccc3c2nc1C(C)C. The molecule has 0 aliphatic heterocycles. The van der Waals surface area contributed by atoms with Gasteiger partial charge in [0.15, 0.2) is 0 Å². The molecule has 0 spiro atoms. The van der Waals surface area contributed by atoms with Crippen LogP contribution in [0.4, 0.5) is 0 Å². The second-order valence-corrected chi connectivity index (χ2v) is 23.7. The van der Waals surface area contributed by atoms with Crippen LogP contribution in [0.1, 0.15) is 101 Å². The van der Waals surface area contributed by atoms with Crippen molar-refractivity contribution in [2.24, 2.45) is 0 Å². The maximum Gasteiger partial charge on any atom is 0.0975 e. The van der Waals surface area contributed by atoms with E-state index in [1.165, 1.54) is 122 Å². The molecule has 0 saturated heterocycles. The Labute approximate surface area is 459 Å². The molecule has 0 amide bonds. The predicted octanol–water partition coefficient (Wildman–Crippen LogP) is 20.8. The van der Waals surface area contributed by atoms with Gasteiger partial charge in [0.1, 0.15) is 0 Å².